The Morgan fingerprint density at radius 2 is 1.81 bits per heavy atom. The zero-order chi connectivity index (χ0) is 10.8. The lowest BCUT2D eigenvalue weighted by molar-refractivity contribution is 0.0326. The van der Waals surface area contributed by atoms with Crippen molar-refractivity contribution in [3.8, 4) is 0 Å². The molecule has 0 fully saturated rings. The van der Waals surface area contributed by atoms with E-state index >= 15 is 0 Å². The van der Waals surface area contributed by atoms with Crippen molar-refractivity contribution in [1.29, 1.82) is 0 Å². The first-order valence-electron chi connectivity index (χ1n) is 5.34. The smallest absolute Gasteiger partial charge is 0.209 e. The molecule has 0 aliphatic carbocycles. The maximum Gasteiger partial charge on any atom is 0.209 e. The van der Waals surface area contributed by atoms with E-state index in [0.29, 0.717) is 0 Å². The van der Waals surface area contributed by atoms with Crippen LogP contribution in [-0.4, -0.2) is 10.3 Å². The summed E-state index contributed by atoms with van der Waals surface area (Å²) in [7, 11) is 0. The van der Waals surface area contributed by atoms with Gasteiger partial charge in [-0.3, -0.25) is 0 Å². The molecule has 0 saturated heterocycles. The molecule has 0 N–H and O–H groups in total. The van der Waals surface area contributed by atoms with Crippen molar-refractivity contribution in [1.82, 2.24) is 4.57 Å². The SMILES string of the molecule is c1ccc(C2=NOC(n3cccc3)C2)cc1. The Bertz CT molecular complexity index is 488. The lowest BCUT2D eigenvalue weighted by Crippen LogP contribution is -2.07. The molecule has 1 aromatic carbocycles. The summed E-state index contributed by atoms with van der Waals surface area (Å²) < 4.78 is 2.03. The number of benzene rings is 1. The topological polar surface area (TPSA) is 26.5 Å². The van der Waals surface area contributed by atoms with E-state index in [-0.39, 0.29) is 6.23 Å². The van der Waals surface area contributed by atoms with Gasteiger partial charge in [-0.2, -0.15) is 0 Å². The average molecular weight is 212 g/mol. The highest BCUT2D eigenvalue weighted by Gasteiger charge is 2.22. The van der Waals surface area contributed by atoms with Gasteiger partial charge in [0.05, 0.1) is 12.1 Å². The van der Waals surface area contributed by atoms with Crippen LogP contribution in [0.3, 0.4) is 0 Å². The molecule has 1 unspecified atom stereocenters. The Hall–Kier alpha value is -2.03. The van der Waals surface area contributed by atoms with E-state index in [9.17, 15) is 0 Å². The van der Waals surface area contributed by atoms with Crippen molar-refractivity contribution in [3.63, 3.8) is 0 Å². The minimum Gasteiger partial charge on any atom is -0.370 e. The second-order valence-corrected chi connectivity index (χ2v) is 3.80. The molecule has 3 rings (SSSR count). The molecule has 80 valence electrons. The molecule has 0 spiro atoms. The monoisotopic (exact) mass is 212 g/mol. The first-order valence-corrected chi connectivity index (χ1v) is 5.34. The summed E-state index contributed by atoms with van der Waals surface area (Å²) in [6.45, 7) is 0. The fourth-order valence-corrected chi connectivity index (χ4v) is 1.87. The summed E-state index contributed by atoms with van der Waals surface area (Å²) in [6.07, 6.45) is 4.81. The second-order valence-electron chi connectivity index (χ2n) is 3.80. The molecular weight excluding hydrogens is 200 g/mol. The molecule has 0 radical (unpaired) electrons. The Labute approximate surface area is 94.0 Å². The summed E-state index contributed by atoms with van der Waals surface area (Å²) >= 11 is 0. The van der Waals surface area contributed by atoms with Crippen molar-refractivity contribution < 1.29 is 4.84 Å². The van der Waals surface area contributed by atoms with Crippen LogP contribution in [-0.2, 0) is 4.84 Å². The summed E-state index contributed by atoms with van der Waals surface area (Å²) in [4.78, 5) is 5.42. The van der Waals surface area contributed by atoms with Crippen molar-refractivity contribution in [2.24, 2.45) is 5.16 Å². The molecule has 0 amide bonds. The average Bonchev–Trinajstić information content (AvgIpc) is 3.01. The van der Waals surface area contributed by atoms with Crippen LogP contribution >= 0.6 is 0 Å². The zero-order valence-corrected chi connectivity index (χ0v) is 8.78. The van der Waals surface area contributed by atoms with E-state index in [1.54, 1.807) is 0 Å². The molecule has 1 atom stereocenters. The van der Waals surface area contributed by atoms with Crippen molar-refractivity contribution in [2.45, 2.75) is 12.6 Å². The highest BCUT2D eigenvalue weighted by molar-refractivity contribution is 6.00. The Morgan fingerprint density at radius 3 is 2.56 bits per heavy atom. The van der Waals surface area contributed by atoms with Crippen molar-refractivity contribution in [3.05, 3.63) is 60.4 Å². The summed E-state index contributed by atoms with van der Waals surface area (Å²) in [5.74, 6) is 0. The lowest BCUT2D eigenvalue weighted by atomic mass is 10.1. The second kappa shape index (κ2) is 3.85. The molecule has 0 saturated carbocycles. The molecule has 2 aromatic rings. The lowest BCUT2D eigenvalue weighted by Gasteiger charge is -2.09. The maximum atomic E-state index is 5.42. The van der Waals surface area contributed by atoms with Crippen LogP contribution < -0.4 is 0 Å². The largest absolute Gasteiger partial charge is 0.370 e. The van der Waals surface area contributed by atoms with Gasteiger partial charge in [0, 0.05) is 12.4 Å². The number of nitrogens with zero attached hydrogens (tertiary/aromatic N) is 2. The first kappa shape index (κ1) is 9.21. The van der Waals surface area contributed by atoms with E-state index in [1.807, 2.05) is 47.3 Å². The van der Waals surface area contributed by atoms with Gasteiger partial charge in [0.2, 0.25) is 6.23 Å². The fourth-order valence-electron chi connectivity index (χ4n) is 1.87. The molecule has 1 aromatic heterocycles. The summed E-state index contributed by atoms with van der Waals surface area (Å²) in [5.41, 5.74) is 2.15. The number of hydrogen-bond acceptors (Lipinski definition) is 2. The number of rotatable bonds is 2. The third kappa shape index (κ3) is 1.60. The zero-order valence-electron chi connectivity index (χ0n) is 8.78. The van der Waals surface area contributed by atoms with Gasteiger partial charge < -0.3 is 9.40 Å². The first-order chi connectivity index (χ1) is 7.93. The van der Waals surface area contributed by atoms with Crippen molar-refractivity contribution in [2.75, 3.05) is 0 Å². The summed E-state index contributed by atoms with van der Waals surface area (Å²) in [6, 6.07) is 14.1. The molecule has 1 aliphatic heterocycles. The van der Waals surface area contributed by atoms with Crippen LogP contribution in [0.2, 0.25) is 0 Å². The predicted octanol–water partition coefficient (Wildman–Crippen LogP) is 2.81. The van der Waals surface area contributed by atoms with Crippen LogP contribution in [0.25, 0.3) is 0 Å². The Kier molecular flexibility index (Phi) is 2.22. The molecule has 0 bridgehead atoms. The minimum absolute atomic E-state index is 0.00482. The van der Waals surface area contributed by atoms with E-state index in [0.717, 1.165) is 17.7 Å². The third-order valence-corrected chi connectivity index (χ3v) is 2.72. The van der Waals surface area contributed by atoms with Gasteiger partial charge >= 0.3 is 0 Å². The fraction of sp³-hybridized carbons (Fsp3) is 0.154. The minimum atomic E-state index is 0.00482. The van der Waals surface area contributed by atoms with E-state index in [4.69, 9.17) is 4.84 Å². The van der Waals surface area contributed by atoms with Crippen LogP contribution in [0.1, 0.15) is 18.2 Å². The van der Waals surface area contributed by atoms with E-state index in [2.05, 4.69) is 17.3 Å². The summed E-state index contributed by atoms with van der Waals surface area (Å²) in [5, 5.41) is 4.14. The standard InChI is InChI=1S/C13H12N2O/c1-2-6-11(7-3-1)12-10-13(16-14-12)15-8-4-5-9-15/h1-9,13H,10H2. The Balaban J connectivity index is 1.78. The number of oxime groups is 1. The van der Waals surface area contributed by atoms with Gasteiger partial charge in [0.25, 0.3) is 0 Å². The van der Waals surface area contributed by atoms with Gasteiger partial charge in [-0.05, 0) is 17.7 Å². The molecule has 3 nitrogen and oxygen atoms in total. The molecule has 1 aliphatic rings. The molecular formula is C13H12N2O. The van der Waals surface area contributed by atoms with Gasteiger partial charge in [-0.15, -0.1) is 0 Å². The number of aromatic nitrogens is 1. The van der Waals surface area contributed by atoms with Crippen molar-refractivity contribution >= 4 is 5.71 Å². The predicted molar refractivity (Wildman–Crippen MR) is 62.2 cm³/mol. The van der Waals surface area contributed by atoms with Gasteiger partial charge in [-0.25, -0.2) is 0 Å². The van der Waals surface area contributed by atoms with Gasteiger partial charge in [0.1, 0.15) is 0 Å². The quantitative estimate of drug-likeness (QED) is 0.751. The highest BCUT2D eigenvalue weighted by atomic mass is 16.7. The van der Waals surface area contributed by atoms with Crippen LogP contribution in [0.4, 0.5) is 0 Å². The Morgan fingerprint density at radius 1 is 1.06 bits per heavy atom. The van der Waals surface area contributed by atoms with E-state index < -0.39 is 0 Å². The van der Waals surface area contributed by atoms with Crippen LogP contribution in [0, 0.1) is 0 Å². The van der Waals surface area contributed by atoms with Crippen LogP contribution in [0.5, 0.6) is 0 Å². The molecule has 16 heavy (non-hydrogen) atoms. The van der Waals surface area contributed by atoms with Crippen LogP contribution in [0.15, 0.2) is 60.0 Å². The maximum absolute atomic E-state index is 5.42. The van der Waals surface area contributed by atoms with E-state index in [1.165, 1.54) is 0 Å². The number of hydrogen-bond donors (Lipinski definition) is 0. The third-order valence-electron chi connectivity index (χ3n) is 2.72. The van der Waals surface area contributed by atoms with Gasteiger partial charge in [0.15, 0.2) is 0 Å². The normalized spacial score (nSPS) is 19.2. The highest BCUT2D eigenvalue weighted by Crippen LogP contribution is 2.24. The molecule has 2 heterocycles. The molecule has 3 heteroatoms. The van der Waals surface area contributed by atoms with Gasteiger partial charge in [-0.1, -0.05) is 35.5 Å².